The molecule has 0 fully saturated rings. The summed E-state index contributed by atoms with van der Waals surface area (Å²) in [5, 5.41) is 7.88. The summed E-state index contributed by atoms with van der Waals surface area (Å²) in [5.41, 5.74) is 1.42. The van der Waals surface area contributed by atoms with E-state index in [1.807, 2.05) is 6.92 Å². The van der Waals surface area contributed by atoms with Gasteiger partial charge in [-0.1, -0.05) is 6.92 Å². The van der Waals surface area contributed by atoms with E-state index in [9.17, 15) is 0 Å². The highest BCUT2D eigenvalue weighted by Crippen LogP contribution is 2.20. The van der Waals surface area contributed by atoms with Gasteiger partial charge in [0.25, 0.3) is 0 Å². The molecular formula is C12H21NOS. The SMILES string of the molecule is CCNC(CCCOCC)c1ccsc1. The third kappa shape index (κ3) is 4.78. The minimum absolute atomic E-state index is 0.502. The summed E-state index contributed by atoms with van der Waals surface area (Å²) < 4.78 is 5.35. The number of ether oxygens (including phenoxy) is 1. The van der Waals surface area contributed by atoms with Crippen LogP contribution in [-0.4, -0.2) is 19.8 Å². The Bertz CT molecular complexity index is 236. The van der Waals surface area contributed by atoms with E-state index in [0.717, 1.165) is 32.6 Å². The minimum atomic E-state index is 0.502. The molecule has 1 atom stereocenters. The average Bonchev–Trinajstić information content (AvgIpc) is 2.76. The number of hydrogen-bond acceptors (Lipinski definition) is 3. The minimum Gasteiger partial charge on any atom is -0.382 e. The molecular weight excluding hydrogens is 206 g/mol. The van der Waals surface area contributed by atoms with Gasteiger partial charge in [-0.2, -0.15) is 11.3 Å². The first kappa shape index (κ1) is 12.7. The van der Waals surface area contributed by atoms with Gasteiger partial charge in [-0.3, -0.25) is 0 Å². The first-order valence-corrected chi connectivity index (χ1v) is 6.66. The van der Waals surface area contributed by atoms with Gasteiger partial charge in [0.15, 0.2) is 0 Å². The number of hydrogen-bond donors (Lipinski definition) is 1. The van der Waals surface area contributed by atoms with Gasteiger partial charge in [0.05, 0.1) is 0 Å². The van der Waals surface area contributed by atoms with Crippen molar-refractivity contribution in [3.63, 3.8) is 0 Å². The predicted octanol–water partition coefficient (Wildman–Crippen LogP) is 3.22. The van der Waals surface area contributed by atoms with Crippen molar-refractivity contribution in [3.8, 4) is 0 Å². The molecule has 0 aliphatic heterocycles. The summed E-state index contributed by atoms with van der Waals surface area (Å²) in [7, 11) is 0. The van der Waals surface area contributed by atoms with Crippen LogP contribution < -0.4 is 5.32 Å². The van der Waals surface area contributed by atoms with E-state index in [-0.39, 0.29) is 0 Å². The fraction of sp³-hybridized carbons (Fsp3) is 0.667. The quantitative estimate of drug-likeness (QED) is 0.689. The van der Waals surface area contributed by atoms with Gasteiger partial charge in [-0.05, 0) is 48.7 Å². The Balaban J connectivity index is 2.31. The highest BCUT2D eigenvalue weighted by molar-refractivity contribution is 7.07. The fourth-order valence-electron chi connectivity index (χ4n) is 1.64. The van der Waals surface area contributed by atoms with Gasteiger partial charge in [-0.15, -0.1) is 0 Å². The third-order valence-electron chi connectivity index (χ3n) is 2.38. The zero-order chi connectivity index (χ0) is 10.9. The molecule has 2 nitrogen and oxygen atoms in total. The average molecular weight is 227 g/mol. The standard InChI is InChI=1S/C12H21NOS/c1-3-13-12(6-5-8-14-4-2)11-7-9-15-10-11/h7,9-10,12-13H,3-6,8H2,1-2H3. The molecule has 1 N–H and O–H groups in total. The van der Waals surface area contributed by atoms with E-state index in [2.05, 4.69) is 29.1 Å². The van der Waals surface area contributed by atoms with Crippen molar-refractivity contribution >= 4 is 11.3 Å². The second-order valence-corrected chi connectivity index (χ2v) is 4.29. The van der Waals surface area contributed by atoms with Gasteiger partial charge in [-0.25, -0.2) is 0 Å². The van der Waals surface area contributed by atoms with Crippen molar-refractivity contribution in [2.45, 2.75) is 32.7 Å². The van der Waals surface area contributed by atoms with Crippen molar-refractivity contribution in [1.29, 1.82) is 0 Å². The van der Waals surface area contributed by atoms with Gasteiger partial charge < -0.3 is 10.1 Å². The summed E-state index contributed by atoms with van der Waals surface area (Å²) in [6.07, 6.45) is 2.28. The molecule has 0 spiro atoms. The molecule has 0 bridgehead atoms. The Hall–Kier alpha value is -0.380. The Morgan fingerprint density at radius 1 is 1.47 bits per heavy atom. The molecule has 1 aromatic heterocycles. The molecule has 1 unspecified atom stereocenters. The van der Waals surface area contributed by atoms with Crippen LogP contribution in [0.2, 0.25) is 0 Å². The molecule has 0 radical (unpaired) electrons. The van der Waals surface area contributed by atoms with Gasteiger partial charge in [0.1, 0.15) is 0 Å². The highest BCUT2D eigenvalue weighted by atomic mass is 32.1. The lowest BCUT2D eigenvalue weighted by Crippen LogP contribution is -2.20. The van der Waals surface area contributed by atoms with E-state index in [1.54, 1.807) is 11.3 Å². The largest absolute Gasteiger partial charge is 0.382 e. The van der Waals surface area contributed by atoms with E-state index in [0.29, 0.717) is 6.04 Å². The van der Waals surface area contributed by atoms with Crippen LogP contribution in [0.3, 0.4) is 0 Å². The van der Waals surface area contributed by atoms with Crippen LogP contribution in [0.1, 0.15) is 38.3 Å². The van der Waals surface area contributed by atoms with Crippen molar-refractivity contribution in [3.05, 3.63) is 22.4 Å². The van der Waals surface area contributed by atoms with Crippen LogP contribution in [0.15, 0.2) is 16.8 Å². The monoisotopic (exact) mass is 227 g/mol. The summed E-state index contributed by atoms with van der Waals surface area (Å²) in [6.45, 7) is 6.92. The second kappa shape index (κ2) is 7.85. The van der Waals surface area contributed by atoms with Crippen molar-refractivity contribution < 1.29 is 4.74 Å². The maximum Gasteiger partial charge on any atom is 0.0466 e. The molecule has 0 aromatic carbocycles. The fourth-order valence-corrected chi connectivity index (χ4v) is 2.35. The molecule has 0 saturated heterocycles. The van der Waals surface area contributed by atoms with Crippen LogP contribution in [-0.2, 0) is 4.74 Å². The van der Waals surface area contributed by atoms with Crippen LogP contribution in [0.5, 0.6) is 0 Å². The summed E-state index contributed by atoms with van der Waals surface area (Å²) in [4.78, 5) is 0. The Morgan fingerprint density at radius 2 is 2.33 bits per heavy atom. The zero-order valence-corrected chi connectivity index (χ0v) is 10.5. The highest BCUT2D eigenvalue weighted by Gasteiger charge is 2.09. The van der Waals surface area contributed by atoms with Crippen molar-refractivity contribution in [2.24, 2.45) is 0 Å². The number of rotatable bonds is 8. The lowest BCUT2D eigenvalue weighted by Gasteiger charge is -2.16. The molecule has 0 amide bonds. The maximum absolute atomic E-state index is 5.35. The van der Waals surface area contributed by atoms with Crippen LogP contribution in [0.4, 0.5) is 0 Å². The van der Waals surface area contributed by atoms with Crippen LogP contribution in [0.25, 0.3) is 0 Å². The van der Waals surface area contributed by atoms with Gasteiger partial charge in [0.2, 0.25) is 0 Å². The van der Waals surface area contributed by atoms with E-state index >= 15 is 0 Å². The Labute approximate surface area is 96.7 Å². The predicted molar refractivity (Wildman–Crippen MR) is 66.5 cm³/mol. The Morgan fingerprint density at radius 3 is 2.93 bits per heavy atom. The molecule has 0 saturated carbocycles. The molecule has 15 heavy (non-hydrogen) atoms. The Kier molecular flexibility index (Phi) is 6.64. The molecule has 86 valence electrons. The van der Waals surface area contributed by atoms with Crippen molar-refractivity contribution in [2.75, 3.05) is 19.8 Å². The van der Waals surface area contributed by atoms with Gasteiger partial charge >= 0.3 is 0 Å². The first-order chi connectivity index (χ1) is 7.38. The smallest absolute Gasteiger partial charge is 0.0466 e. The molecule has 3 heteroatoms. The molecule has 0 aliphatic carbocycles. The second-order valence-electron chi connectivity index (χ2n) is 3.51. The summed E-state index contributed by atoms with van der Waals surface area (Å²) >= 11 is 1.77. The zero-order valence-electron chi connectivity index (χ0n) is 9.66. The third-order valence-corrected chi connectivity index (χ3v) is 3.08. The number of thiophene rings is 1. The molecule has 0 aliphatic rings. The molecule has 1 heterocycles. The lowest BCUT2D eigenvalue weighted by atomic mass is 10.1. The van der Waals surface area contributed by atoms with Crippen LogP contribution >= 0.6 is 11.3 Å². The normalized spacial score (nSPS) is 12.9. The van der Waals surface area contributed by atoms with E-state index in [1.165, 1.54) is 5.56 Å². The topological polar surface area (TPSA) is 21.3 Å². The van der Waals surface area contributed by atoms with Crippen LogP contribution in [0, 0.1) is 0 Å². The molecule has 1 rings (SSSR count). The van der Waals surface area contributed by atoms with E-state index in [4.69, 9.17) is 4.74 Å². The molecule has 1 aromatic rings. The summed E-state index contributed by atoms with van der Waals surface area (Å²) in [5.74, 6) is 0. The lowest BCUT2D eigenvalue weighted by molar-refractivity contribution is 0.141. The summed E-state index contributed by atoms with van der Waals surface area (Å²) in [6, 6.07) is 2.71. The maximum atomic E-state index is 5.35. The van der Waals surface area contributed by atoms with Crippen molar-refractivity contribution in [1.82, 2.24) is 5.32 Å². The van der Waals surface area contributed by atoms with Gasteiger partial charge in [0, 0.05) is 19.3 Å². The first-order valence-electron chi connectivity index (χ1n) is 5.71. The van der Waals surface area contributed by atoms with E-state index < -0.39 is 0 Å². The number of nitrogens with one attached hydrogen (secondary N) is 1.